The van der Waals surface area contributed by atoms with Crippen molar-refractivity contribution in [2.75, 3.05) is 13.2 Å². The number of rotatable bonds is 9. The lowest BCUT2D eigenvalue weighted by molar-refractivity contribution is -0.124. The van der Waals surface area contributed by atoms with Crippen molar-refractivity contribution in [3.63, 3.8) is 0 Å². The number of aliphatic hydroxyl groups is 1. The van der Waals surface area contributed by atoms with Crippen molar-refractivity contribution in [2.24, 2.45) is 17.8 Å². The van der Waals surface area contributed by atoms with Crippen LogP contribution in [0, 0.1) is 24.2 Å². The molecule has 0 aromatic rings. The summed E-state index contributed by atoms with van der Waals surface area (Å²) in [5, 5.41) is 14.9. The minimum Gasteiger partial charge on any atom is -0.394 e. The molecule has 0 bridgehead atoms. The average molecular weight is 373 g/mol. The molecule has 1 saturated carbocycles. The maximum absolute atomic E-state index is 13.2. The van der Waals surface area contributed by atoms with Gasteiger partial charge in [0.15, 0.2) is 0 Å². The Morgan fingerprint density at radius 2 is 2.04 bits per heavy atom. The van der Waals surface area contributed by atoms with Gasteiger partial charge in [0.05, 0.1) is 12.6 Å². The molecule has 5 nitrogen and oxygen atoms in total. The Bertz CT molecular complexity index is 477. The fraction of sp³-hybridized carbons (Fsp3) is 0.842. The Hall–Kier alpha value is -1.24. The summed E-state index contributed by atoms with van der Waals surface area (Å²) in [4.78, 5) is 23.7. The van der Waals surface area contributed by atoms with Gasteiger partial charge in [-0.3, -0.25) is 9.59 Å². The van der Waals surface area contributed by atoms with Gasteiger partial charge < -0.3 is 15.7 Å². The van der Waals surface area contributed by atoms with E-state index in [9.17, 15) is 23.5 Å². The van der Waals surface area contributed by atoms with Gasteiger partial charge in [-0.05, 0) is 50.4 Å². The summed E-state index contributed by atoms with van der Waals surface area (Å²) < 4.78 is 26.4. The van der Waals surface area contributed by atoms with Crippen molar-refractivity contribution < 1.29 is 23.5 Å². The van der Waals surface area contributed by atoms with Gasteiger partial charge >= 0.3 is 0 Å². The highest BCUT2D eigenvalue weighted by Gasteiger charge is 2.35. The molecule has 1 aliphatic heterocycles. The van der Waals surface area contributed by atoms with E-state index in [4.69, 9.17) is 0 Å². The zero-order chi connectivity index (χ0) is 19.2. The number of amides is 2. The van der Waals surface area contributed by atoms with Gasteiger partial charge in [-0.15, -0.1) is 0 Å². The van der Waals surface area contributed by atoms with Crippen LogP contribution in [0.5, 0.6) is 0 Å². The summed E-state index contributed by atoms with van der Waals surface area (Å²) in [6.07, 6.45) is 5.23. The van der Waals surface area contributed by atoms with E-state index >= 15 is 0 Å². The largest absolute Gasteiger partial charge is 0.394 e. The molecule has 2 aliphatic rings. The number of carbonyl (C=O) groups is 2. The second kappa shape index (κ2) is 9.62. The van der Waals surface area contributed by atoms with E-state index in [2.05, 4.69) is 10.6 Å². The molecule has 149 valence electrons. The average Bonchev–Trinajstić information content (AvgIpc) is 2.99. The van der Waals surface area contributed by atoms with Gasteiger partial charge in [0, 0.05) is 31.7 Å². The molecule has 0 aromatic heterocycles. The zero-order valence-corrected chi connectivity index (χ0v) is 15.5. The standard InChI is InChI=1S/C19H31F2N2O3/c1-13(10-14-4-7-19(20,21)8-5-14)2-3-17(25)23-16(12-24)11-15-6-9-22-18(15)26/h3,13-16,24H,2,4-12H2,1H3,(H,22,26)(H,23,25)/t13?,15-,16-/m0/s1. The van der Waals surface area contributed by atoms with Crippen LogP contribution >= 0.6 is 0 Å². The van der Waals surface area contributed by atoms with E-state index in [1.807, 2.05) is 6.92 Å². The van der Waals surface area contributed by atoms with Gasteiger partial charge in [0.1, 0.15) is 0 Å². The van der Waals surface area contributed by atoms with Crippen LogP contribution in [0.4, 0.5) is 8.78 Å². The van der Waals surface area contributed by atoms with Crippen molar-refractivity contribution in [2.45, 2.75) is 70.3 Å². The summed E-state index contributed by atoms with van der Waals surface area (Å²) in [7, 11) is 0. The predicted octanol–water partition coefficient (Wildman–Crippen LogP) is 2.44. The first-order chi connectivity index (χ1) is 12.3. The fourth-order valence-corrected chi connectivity index (χ4v) is 3.96. The molecule has 0 spiro atoms. The number of aliphatic hydroxyl groups excluding tert-OH is 1. The second-order valence-electron chi connectivity index (χ2n) is 7.98. The molecule has 0 aromatic carbocycles. The molecule has 1 heterocycles. The van der Waals surface area contributed by atoms with Crippen molar-refractivity contribution >= 4 is 11.8 Å². The lowest BCUT2D eigenvalue weighted by atomic mass is 9.80. The molecule has 2 rings (SSSR count). The SMILES string of the molecule is CC(C[CH]C(=O)N[C@H](CO)C[C@@H]1CCNC1=O)CC1CCC(F)(F)CC1. The quantitative estimate of drug-likeness (QED) is 0.581. The molecule has 3 N–H and O–H groups in total. The minimum absolute atomic E-state index is 0.0200. The van der Waals surface area contributed by atoms with E-state index in [-0.39, 0.29) is 43.1 Å². The number of hydrogen-bond acceptors (Lipinski definition) is 3. The lowest BCUT2D eigenvalue weighted by Crippen LogP contribution is -2.40. The predicted molar refractivity (Wildman–Crippen MR) is 94.4 cm³/mol. The summed E-state index contributed by atoms with van der Waals surface area (Å²) >= 11 is 0. The summed E-state index contributed by atoms with van der Waals surface area (Å²) in [5.41, 5.74) is 0. The Balaban J connectivity index is 1.64. The molecule has 7 heteroatoms. The first-order valence-corrected chi connectivity index (χ1v) is 9.69. The monoisotopic (exact) mass is 373 g/mol. The molecule has 26 heavy (non-hydrogen) atoms. The molecular formula is C19H31F2N2O3. The highest BCUT2D eigenvalue weighted by atomic mass is 19.3. The van der Waals surface area contributed by atoms with E-state index in [0.29, 0.717) is 38.1 Å². The fourth-order valence-electron chi connectivity index (χ4n) is 3.96. The highest BCUT2D eigenvalue weighted by Crippen LogP contribution is 2.38. The first kappa shape index (κ1) is 21.1. The minimum atomic E-state index is -2.50. The van der Waals surface area contributed by atoms with Gasteiger partial charge in [0.25, 0.3) is 0 Å². The third kappa shape index (κ3) is 6.82. The number of nitrogens with one attached hydrogen (secondary N) is 2. The molecule has 2 fully saturated rings. The summed E-state index contributed by atoms with van der Waals surface area (Å²) in [5.74, 6) is -2.35. The van der Waals surface area contributed by atoms with Gasteiger partial charge in [-0.25, -0.2) is 8.78 Å². The molecule has 1 unspecified atom stereocenters. The summed E-state index contributed by atoms with van der Waals surface area (Å²) in [6, 6.07) is -0.427. The molecule has 1 saturated heterocycles. The zero-order valence-electron chi connectivity index (χ0n) is 15.5. The lowest BCUT2D eigenvalue weighted by Gasteiger charge is -2.29. The van der Waals surface area contributed by atoms with Crippen LogP contribution in [0.1, 0.15) is 58.3 Å². The van der Waals surface area contributed by atoms with Crippen LogP contribution in [0.25, 0.3) is 0 Å². The first-order valence-electron chi connectivity index (χ1n) is 9.69. The molecule has 1 radical (unpaired) electrons. The van der Waals surface area contributed by atoms with Crippen LogP contribution in [0.15, 0.2) is 0 Å². The van der Waals surface area contributed by atoms with E-state index in [1.165, 1.54) is 0 Å². The van der Waals surface area contributed by atoms with E-state index in [1.54, 1.807) is 6.42 Å². The van der Waals surface area contributed by atoms with Crippen LogP contribution in [0.3, 0.4) is 0 Å². The third-order valence-corrected chi connectivity index (χ3v) is 5.58. The third-order valence-electron chi connectivity index (χ3n) is 5.58. The Kier molecular flexibility index (Phi) is 7.80. The maximum Gasteiger partial charge on any atom is 0.248 e. The normalized spacial score (nSPS) is 25.5. The number of alkyl halides is 2. The van der Waals surface area contributed by atoms with Crippen LogP contribution in [-0.2, 0) is 9.59 Å². The van der Waals surface area contributed by atoms with Crippen molar-refractivity contribution in [1.82, 2.24) is 10.6 Å². The maximum atomic E-state index is 13.2. The van der Waals surface area contributed by atoms with E-state index in [0.717, 1.165) is 12.8 Å². The Morgan fingerprint density at radius 1 is 1.35 bits per heavy atom. The van der Waals surface area contributed by atoms with Crippen LogP contribution in [-0.4, -0.2) is 42.0 Å². The molecule has 2 amide bonds. The smallest absolute Gasteiger partial charge is 0.248 e. The van der Waals surface area contributed by atoms with Gasteiger partial charge in [-0.2, -0.15) is 0 Å². The Morgan fingerprint density at radius 3 is 2.62 bits per heavy atom. The van der Waals surface area contributed by atoms with Gasteiger partial charge in [-0.1, -0.05) is 6.92 Å². The van der Waals surface area contributed by atoms with E-state index < -0.39 is 12.0 Å². The van der Waals surface area contributed by atoms with Crippen LogP contribution in [0.2, 0.25) is 0 Å². The number of carbonyl (C=O) groups excluding carboxylic acids is 2. The highest BCUT2D eigenvalue weighted by molar-refractivity contribution is 5.85. The second-order valence-corrected chi connectivity index (χ2v) is 7.98. The molecule has 1 aliphatic carbocycles. The van der Waals surface area contributed by atoms with Crippen molar-refractivity contribution in [3.05, 3.63) is 6.42 Å². The van der Waals surface area contributed by atoms with Gasteiger partial charge in [0.2, 0.25) is 17.7 Å². The summed E-state index contributed by atoms with van der Waals surface area (Å²) in [6.45, 7) is 2.48. The Labute approximate surface area is 154 Å². The number of hydrogen-bond donors (Lipinski definition) is 3. The van der Waals surface area contributed by atoms with Crippen LogP contribution < -0.4 is 10.6 Å². The van der Waals surface area contributed by atoms with Crippen molar-refractivity contribution in [3.8, 4) is 0 Å². The topological polar surface area (TPSA) is 78.4 Å². The number of halogens is 2. The van der Waals surface area contributed by atoms with Crippen molar-refractivity contribution in [1.29, 1.82) is 0 Å². The molecular weight excluding hydrogens is 342 g/mol. The molecule has 3 atom stereocenters.